The zero-order valence-corrected chi connectivity index (χ0v) is 23.7. The zero-order chi connectivity index (χ0) is 27.1. The van der Waals surface area contributed by atoms with Crippen LogP contribution in [0.4, 0.5) is 5.69 Å². The molecule has 1 fully saturated rings. The fourth-order valence-corrected chi connectivity index (χ4v) is 4.98. The van der Waals surface area contributed by atoms with Crippen molar-refractivity contribution in [3.8, 4) is 11.5 Å². The van der Waals surface area contributed by atoms with Gasteiger partial charge in [0, 0.05) is 12.1 Å². The second kappa shape index (κ2) is 12.5. The highest BCUT2D eigenvalue weighted by Gasteiger charge is 2.30. The molecule has 36 heavy (non-hydrogen) atoms. The van der Waals surface area contributed by atoms with Crippen molar-refractivity contribution < 1.29 is 12.8 Å². The second-order valence-electron chi connectivity index (χ2n) is 10.1. The lowest BCUT2D eigenvalue weighted by Crippen LogP contribution is -2.32. The number of rotatable bonds is 10. The van der Waals surface area contributed by atoms with Gasteiger partial charge in [-0.3, -0.25) is 4.31 Å². The van der Waals surface area contributed by atoms with E-state index in [9.17, 15) is 8.42 Å². The summed E-state index contributed by atoms with van der Waals surface area (Å²) in [5, 5.41) is 0. The van der Waals surface area contributed by atoms with Crippen LogP contribution in [0.1, 0.15) is 72.1 Å². The molecule has 3 atom stereocenters. The van der Waals surface area contributed by atoms with E-state index in [0.717, 1.165) is 11.1 Å². The number of sulfonamides is 1. The van der Waals surface area contributed by atoms with Crippen LogP contribution in [0, 0.1) is 11.8 Å². The number of oxazole rings is 1. The van der Waals surface area contributed by atoms with Gasteiger partial charge in [-0.05, 0) is 82.6 Å². The third-order valence-corrected chi connectivity index (χ3v) is 7.41. The monoisotopic (exact) mass is 513 g/mol. The molecule has 1 aliphatic rings. The summed E-state index contributed by atoms with van der Waals surface area (Å²) in [6.07, 6.45) is 13.5. The highest BCUT2D eigenvalue weighted by Crippen LogP contribution is 2.39. The quantitative estimate of drug-likeness (QED) is 0.349. The molecule has 0 spiro atoms. The maximum absolute atomic E-state index is 12.5. The maximum Gasteiger partial charge on any atom is 0.232 e. The molecule has 7 heteroatoms. The lowest BCUT2D eigenvalue weighted by atomic mass is 9.92. The van der Waals surface area contributed by atoms with Gasteiger partial charge in [-0.2, -0.15) is 0 Å². The molecule has 1 saturated carbocycles. The first kappa shape index (κ1) is 29.6. The normalized spacial score (nSPS) is 19.4. The number of allylic oxidation sites excluding steroid dienone is 3. The third-order valence-electron chi connectivity index (χ3n) is 6.22. The summed E-state index contributed by atoms with van der Waals surface area (Å²) < 4.78 is 32.6. The van der Waals surface area contributed by atoms with Crippen molar-refractivity contribution in [2.45, 2.75) is 66.3 Å². The van der Waals surface area contributed by atoms with Crippen LogP contribution in [0.5, 0.6) is 0 Å². The Balaban J connectivity index is 0.00000145. The van der Waals surface area contributed by atoms with E-state index in [1.807, 2.05) is 58.9 Å². The Morgan fingerprint density at radius 2 is 1.97 bits per heavy atom. The summed E-state index contributed by atoms with van der Waals surface area (Å²) in [5.41, 5.74) is 9.28. The van der Waals surface area contributed by atoms with Crippen molar-refractivity contribution in [1.29, 1.82) is 0 Å². The van der Waals surface area contributed by atoms with Gasteiger partial charge in [-0.25, -0.2) is 13.4 Å². The minimum atomic E-state index is -3.43. The Kier molecular flexibility index (Phi) is 10.3. The first-order chi connectivity index (χ1) is 16.9. The Hall–Kier alpha value is -2.64. The minimum absolute atomic E-state index is 0.408. The molecule has 0 radical (unpaired) electrons. The number of hydrogen-bond acceptors (Lipinski definition) is 5. The number of hydrogen-bond donors (Lipinski definition) is 1. The van der Waals surface area contributed by atoms with Gasteiger partial charge in [0.2, 0.25) is 15.9 Å². The van der Waals surface area contributed by atoms with E-state index in [-0.39, 0.29) is 0 Å². The summed E-state index contributed by atoms with van der Waals surface area (Å²) in [6, 6.07) is 5.73. The van der Waals surface area contributed by atoms with E-state index in [1.54, 1.807) is 12.3 Å². The molecule has 1 aromatic carbocycles. The van der Waals surface area contributed by atoms with Gasteiger partial charge in [0.05, 0.1) is 23.7 Å². The van der Waals surface area contributed by atoms with Crippen molar-refractivity contribution in [2.24, 2.45) is 17.6 Å². The van der Waals surface area contributed by atoms with Crippen LogP contribution in [0.2, 0.25) is 0 Å². The van der Waals surface area contributed by atoms with Crippen LogP contribution in [0.25, 0.3) is 17.5 Å². The van der Waals surface area contributed by atoms with Gasteiger partial charge in [-0.1, -0.05) is 43.7 Å². The number of anilines is 1. The molecule has 2 unspecified atom stereocenters. The highest BCUT2D eigenvalue weighted by molar-refractivity contribution is 7.92. The van der Waals surface area contributed by atoms with E-state index in [2.05, 4.69) is 30.6 Å². The fourth-order valence-electron chi connectivity index (χ4n) is 3.98. The van der Waals surface area contributed by atoms with Gasteiger partial charge in [0.15, 0.2) is 0 Å². The van der Waals surface area contributed by atoms with Gasteiger partial charge in [-0.15, -0.1) is 6.58 Å². The average molecular weight is 514 g/mol. The standard InChI is InChI=1S/C26H37N3O3S.C3H6/c1-7-11-29(33(6,30)31)23-14-20(9-10-21-12-19(21)4)13-22(15-23)25-28-17-24(32-25)26(5,27)16-18(3)8-2;1-3-2/h8-10,13-15,17,19,21H,7,11-12,16,27H2,1-6H3;3H,1H2,2H3/b10-9-,18-8+;/t19?,21?,26-;/m1./s1. The van der Waals surface area contributed by atoms with Gasteiger partial charge in [0.25, 0.3) is 0 Å². The molecule has 0 aliphatic heterocycles. The Morgan fingerprint density at radius 1 is 1.33 bits per heavy atom. The highest BCUT2D eigenvalue weighted by atomic mass is 32.2. The van der Waals surface area contributed by atoms with E-state index >= 15 is 0 Å². The van der Waals surface area contributed by atoms with Gasteiger partial charge >= 0.3 is 0 Å². The van der Waals surface area contributed by atoms with Gasteiger partial charge < -0.3 is 10.2 Å². The number of nitrogens with two attached hydrogens (primary N) is 1. The van der Waals surface area contributed by atoms with E-state index in [4.69, 9.17) is 10.2 Å². The number of nitrogens with zero attached hydrogens (tertiary/aromatic N) is 2. The van der Waals surface area contributed by atoms with Crippen molar-refractivity contribution in [3.63, 3.8) is 0 Å². The Labute approximate surface area is 218 Å². The van der Waals surface area contributed by atoms with E-state index in [1.165, 1.54) is 22.6 Å². The largest absolute Gasteiger partial charge is 0.439 e. The lowest BCUT2D eigenvalue weighted by molar-refractivity contribution is 0.370. The van der Waals surface area contributed by atoms with Gasteiger partial charge in [0.1, 0.15) is 5.76 Å². The summed E-state index contributed by atoms with van der Waals surface area (Å²) in [6.45, 7) is 15.8. The molecule has 1 aliphatic carbocycles. The van der Waals surface area contributed by atoms with Crippen LogP contribution in [-0.2, 0) is 15.6 Å². The molecule has 198 valence electrons. The number of benzene rings is 1. The molecule has 2 aromatic rings. The molecule has 0 bridgehead atoms. The van der Waals surface area contributed by atoms with Crippen LogP contribution in [0.3, 0.4) is 0 Å². The van der Waals surface area contributed by atoms with Crippen molar-refractivity contribution in [2.75, 3.05) is 17.1 Å². The molecule has 6 nitrogen and oxygen atoms in total. The fraction of sp³-hybridized carbons (Fsp3) is 0.483. The molecule has 1 heterocycles. The lowest BCUT2D eigenvalue weighted by Gasteiger charge is -2.23. The van der Waals surface area contributed by atoms with Crippen molar-refractivity contribution in [3.05, 3.63) is 66.1 Å². The summed E-state index contributed by atoms with van der Waals surface area (Å²) >= 11 is 0. The Bertz CT molecular complexity index is 1190. The first-order valence-electron chi connectivity index (χ1n) is 12.6. The SMILES string of the molecule is C/C=C(\C)C[C@@](C)(N)c1cnc(-c2cc(/C=C\C3CC3C)cc(N(CCC)S(C)(=O)=O)c2)o1.C=CC. The molecule has 2 N–H and O–H groups in total. The smallest absolute Gasteiger partial charge is 0.232 e. The predicted molar refractivity (Wildman–Crippen MR) is 152 cm³/mol. The molecule has 0 amide bonds. The predicted octanol–water partition coefficient (Wildman–Crippen LogP) is 6.91. The van der Waals surface area contributed by atoms with Crippen LogP contribution in [-0.4, -0.2) is 26.2 Å². The molecule has 1 aromatic heterocycles. The van der Waals surface area contributed by atoms with Crippen LogP contribution < -0.4 is 10.0 Å². The van der Waals surface area contributed by atoms with E-state index in [0.29, 0.717) is 48.6 Å². The first-order valence-corrected chi connectivity index (χ1v) is 14.5. The Morgan fingerprint density at radius 3 is 2.50 bits per heavy atom. The maximum atomic E-state index is 12.5. The average Bonchev–Trinajstić information content (AvgIpc) is 3.28. The second-order valence-corrected chi connectivity index (χ2v) is 12.0. The summed E-state index contributed by atoms with van der Waals surface area (Å²) in [7, 11) is -3.43. The van der Waals surface area contributed by atoms with Crippen LogP contribution >= 0.6 is 0 Å². The summed E-state index contributed by atoms with van der Waals surface area (Å²) in [4.78, 5) is 4.50. The molecule has 3 rings (SSSR count). The van der Waals surface area contributed by atoms with E-state index < -0.39 is 15.6 Å². The third kappa shape index (κ3) is 8.20. The number of aromatic nitrogens is 1. The zero-order valence-electron chi connectivity index (χ0n) is 22.9. The topological polar surface area (TPSA) is 89.4 Å². The minimum Gasteiger partial charge on any atom is -0.439 e. The molecular formula is C29H43N3O3S. The molecule has 0 saturated heterocycles. The van der Waals surface area contributed by atoms with Crippen LogP contribution in [0.15, 0.2) is 59.2 Å². The van der Waals surface area contributed by atoms with Crippen molar-refractivity contribution >= 4 is 21.8 Å². The summed E-state index contributed by atoms with van der Waals surface area (Å²) in [5.74, 6) is 2.32. The molecular weight excluding hydrogens is 470 g/mol. The van der Waals surface area contributed by atoms with Crippen molar-refractivity contribution in [1.82, 2.24) is 4.98 Å².